The quantitative estimate of drug-likeness (QED) is 0.770. The van der Waals surface area contributed by atoms with Crippen LogP contribution < -0.4 is 4.74 Å². The first-order valence-electron chi connectivity index (χ1n) is 7.63. The fourth-order valence-corrected chi connectivity index (χ4v) is 4.03. The van der Waals surface area contributed by atoms with E-state index in [4.69, 9.17) is 4.74 Å². The molecule has 2 saturated heterocycles. The molecule has 3 rings (SSSR count). The Morgan fingerprint density at radius 3 is 2.81 bits per heavy atom. The average Bonchev–Trinajstić information content (AvgIpc) is 2.95. The van der Waals surface area contributed by atoms with Gasteiger partial charge in [0.15, 0.2) is 6.10 Å². The number of rotatable bonds is 3. The predicted molar refractivity (Wildman–Crippen MR) is 74.0 cm³/mol. The zero-order chi connectivity index (χ0) is 15.1. The van der Waals surface area contributed by atoms with Crippen molar-refractivity contribution in [3.8, 4) is 5.75 Å². The maximum absolute atomic E-state index is 12.7. The molecule has 2 aliphatic rings. The summed E-state index contributed by atoms with van der Waals surface area (Å²) in [6.07, 6.45) is -0.833. The van der Waals surface area contributed by atoms with Crippen molar-refractivity contribution in [1.82, 2.24) is 0 Å². The highest BCUT2D eigenvalue weighted by atomic mass is 19.4. The van der Waals surface area contributed by atoms with Gasteiger partial charge in [-0.15, -0.1) is 0 Å². The van der Waals surface area contributed by atoms with Crippen LogP contribution >= 0.6 is 0 Å². The van der Waals surface area contributed by atoms with Gasteiger partial charge in [0, 0.05) is 19.3 Å². The summed E-state index contributed by atoms with van der Waals surface area (Å²) in [5.74, 6) is 0.338. The Labute approximate surface area is 123 Å². The minimum absolute atomic E-state index is 0.0405. The largest absolute Gasteiger partial charge is 0.484 e. The van der Waals surface area contributed by atoms with Crippen LogP contribution in [0.5, 0.6) is 5.75 Å². The number of quaternary nitrogens is 1. The lowest BCUT2D eigenvalue weighted by atomic mass is 10.1. The van der Waals surface area contributed by atoms with Crippen molar-refractivity contribution in [3.05, 3.63) is 29.8 Å². The summed E-state index contributed by atoms with van der Waals surface area (Å²) in [5, 5.41) is 0. The highest BCUT2D eigenvalue weighted by molar-refractivity contribution is 5.30. The van der Waals surface area contributed by atoms with Crippen molar-refractivity contribution >= 4 is 0 Å². The first-order chi connectivity index (χ1) is 9.93. The number of likely N-dealkylation sites (N-methyl/N-ethyl adjacent to an activating group) is 1. The first kappa shape index (κ1) is 14.7. The zero-order valence-electron chi connectivity index (χ0n) is 12.2. The van der Waals surface area contributed by atoms with Gasteiger partial charge >= 0.3 is 6.18 Å². The fraction of sp³-hybridized carbons (Fsp3) is 0.625. The van der Waals surface area contributed by atoms with Crippen LogP contribution in [0.15, 0.2) is 24.3 Å². The van der Waals surface area contributed by atoms with Gasteiger partial charge in [0.05, 0.1) is 24.7 Å². The van der Waals surface area contributed by atoms with Gasteiger partial charge in [-0.05, 0) is 25.1 Å². The van der Waals surface area contributed by atoms with Gasteiger partial charge in [-0.1, -0.05) is 6.07 Å². The SMILES string of the molecule is CC[N+]12CCCC1CC(Oc1cccc(C(F)(F)F)c1)C2. The summed E-state index contributed by atoms with van der Waals surface area (Å²) >= 11 is 0. The molecule has 116 valence electrons. The fourth-order valence-electron chi connectivity index (χ4n) is 4.03. The standard InChI is InChI=1S/C16H21F3NO/c1-2-20-8-4-6-13(20)10-15(11-20)21-14-7-3-5-12(9-14)16(17,18)19/h3,5,7,9,13,15H,2,4,6,8,10-11H2,1H3/q+1. The van der Waals surface area contributed by atoms with Crippen LogP contribution in [0.4, 0.5) is 13.2 Å². The van der Waals surface area contributed by atoms with Gasteiger partial charge in [-0.3, -0.25) is 0 Å². The number of hydrogen-bond donors (Lipinski definition) is 0. The number of ether oxygens (including phenoxy) is 1. The highest BCUT2D eigenvalue weighted by Gasteiger charge is 2.49. The van der Waals surface area contributed by atoms with Gasteiger partial charge in [0.2, 0.25) is 0 Å². The van der Waals surface area contributed by atoms with Crippen LogP contribution in [0.25, 0.3) is 0 Å². The Balaban J connectivity index is 1.71. The van der Waals surface area contributed by atoms with Crippen molar-refractivity contribution in [2.24, 2.45) is 0 Å². The van der Waals surface area contributed by atoms with Gasteiger partial charge in [-0.25, -0.2) is 0 Å². The lowest BCUT2D eigenvalue weighted by Crippen LogP contribution is -2.48. The van der Waals surface area contributed by atoms with Crippen LogP contribution in [0.1, 0.15) is 31.7 Å². The topological polar surface area (TPSA) is 9.23 Å². The molecule has 0 saturated carbocycles. The number of halogens is 3. The van der Waals surface area contributed by atoms with Gasteiger partial charge < -0.3 is 9.22 Å². The van der Waals surface area contributed by atoms with E-state index in [1.165, 1.54) is 25.5 Å². The molecular formula is C16H21F3NO+. The summed E-state index contributed by atoms with van der Waals surface area (Å²) in [7, 11) is 0. The predicted octanol–water partition coefficient (Wildman–Crippen LogP) is 3.86. The Bertz CT molecular complexity index is 516. The van der Waals surface area contributed by atoms with Crippen LogP contribution in [-0.2, 0) is 6.18 Å². The van der Waals surface area contributed by atoms with E-state index in [0.29, 0.717) is 11.8 Å². The maximum atomic E-state index is 12.7. The molecule has 5 heteroatoms. The third kappa shape index (κ3) is 2.76. The lowest BCUT2D eigenvalue weighted by Gasteiger charge is -2.33. The highest BCUT2D eigenvalue weighted by Crippen LogP contribution is 2.38. The zero-order valence-corrected chi connectivity index (χ0v) is 12.2. The molecule has 0 radical (unpaired) electrons. The summed E-state index contributed by atoms with van der Waals surface area (Å²) in [6, 6.07) is 5.86. The van der Waals surface area contributed by atoms with E-state index in [9.17, 15) is 13.2 Å². The molecular weight excluding hydrogens is 279 g/mol. The molecule has 1 aromatic rings. The first-order valence-corrected chi connectivity index (χ1v) is 7.63. The molecule has 0 amide bonds. The second kappa shape index (κ2) is 5.20. The van der Waals surface area contributed by atoms with E-state index in [1.807, 2.05) is 0 Å². The Morgan fingerprint density at radius 1 is 1.33 bits per heavy atom. The van der Waals surface area contributed by atoms with Crippen LogP contribution in [0.2, 0.25) is 0 Å². The van der Waals surface area contributed by atoms with E-state index in [1.54, 1.807) is 6.07 Å². The van der Waals surface area contributed by atoms with Crippen molar-refractivity contribution in [2.75, 3.05) is 19.6 Å². The van der Waals surface area contributed by atoms with Gasteiger partial charge in [-0.2, -0.15) is 13.2 Å². The van der Waals surface area contributed by atoms with Crippen LogP contribution in [0, 0.1) is 0 Å². The summed E-state index contributed by atoms with van der Waals surface area (Å²) < 4.78 is 45.1. The second-order valence-corrected chi connectivity index (χ2v) is 6.24. The number of nitrogens with zero attached hydrogens (tertiary/aromatic N) is 1. The van der Waals surface area contributed by atoms with E-state index < -0.39 is 11.7 Å². The van der Waals surface area contributed by atoms with Crippen molar-refractivity contribution in [3.63, 3.8) is 0 Å². The second-order valence-electron chi connectivity index (χ2n) is 6.24. The molecule has 2 fully saturated rings. The van der Waals surface area contributed by atoms with Crippen molar-refractivity contribution in [1.29, 1.82) is 0 Å². The molecule has 0 aliphatic carbocycles. The summed E-state index contributed by atoms with van der Waals surface area (Å²) in [6.45, 7) is 5.40. The van der Waals surface area contributed by atoms with Gasteiger partial charge in [0.25, 0.3) is 0 Å². The van der Waals surface area contributed by atoms with E-state index >= 15 is 0 Å². The molecule has 0 bridgehead atoms. The molecule has 0 N–H and O–H groups in total. The molecule has 3 unspecified atom stereocenters. The molecule has 0 spiro atoms. The maximum Gasteiger partial charge on any atom is 0.416 e. The van der Waals surface area contributed by atoms with Crippen LogP contribution in [0.3, 0.4) is 0 Å². The third-order valence-electron chi connectivity index (χ3n) is 5.11. The van der Waals surface area contributed by atoms with E-state index in [0.717, 1.165) is 36.1 Å². The monoisotopic (exact) mass is 300 g/mol. The summed E-state index contributed by atoms with van der Waals surface area (Å²) in [5.41, 5.74) is -0.641. The third-order valence-corrected chi connectivity index (χ3v) is 5.11. The van der Waals surface area contributed by atoms with Crippen LogP contribution in [-0.4, -0.2) is 36.3 Å². The molecule has 2 heterocycles. The molecule has 1 aromatic carbocycles. The van der Waals surface area contributed by atoms with Crippen molar-refractivity contribution in [2.45, 2.75) is 44.5 Å². The van der Waals surface area contributed by atoms with Crippen molar-refractivity contribution < 1.29 is 22.4 Å². The molecule has 21 heavy (non-hydrogen) atoms. The number of fused-ring (bicyclic) bond motifs is 1. The Hall–Kier alpha value is -1.23. The number of hydrogen-bond acceptors (Lipinski definition) is 1. The van der Waals surface area contributed by atoms with E-state index in [2.05, 4.69) is 6.92 Å². The molecule has 2 nitrogen and oxygen atoms in total. The Kier molecular flexibility index (Phi) is 3.64. The smallest absolute Gasteiger partial charge is 0.416 e. The molecule has 3 atom stereocenters. The molecule has 0 aromatic heterocycles. The van der Waals surface area contributed by atoms with Gasteiger partial charge in [0.1, 0.15) is 12.3 Å². The number of benzene rings is 1. The normalized spacial score (nSPS) is 32.2. The number of alkyl halides is 3. The minimum Gasteiger partial charge on any atom is -0.484 e. The van der Waals surface area contributed by atoms with E-state index in [-0.39, 0.29) is 6.10 Å². The Morgan fingerprint density at radius 2 is 2.14 bits per heavy atom. The summed E-state index contributed by atoms with van der Waals surface area (Å²) in [4.78, 5) is 0. The minimum atomic E-state index is -4.31. The average molecular weight is 300 g/mol. The lowest BCUT2D eigenvalue weighted by molar-refractivity contribution is -0.926. The molecule has 2 aliphatic heterocycles.